The monoisotopic (exact) mass is 193 g/mol. The second-order valence-electron chi connectivity index (χ2n) is 3.20. The summed E-state index contributed by atoms with van der Waals surface area (Å²) < 4.78 is 5.19. The Hall–Kier alpha value is -0.890. The highest BCUT2D eigenvalue weighted by molar-refractivity contribution is 7.98. The standard InChI is InChI=1S/C11H13OS/c1-12-11-4-3-9-5-6-13(2)8-10(9)7-11/h3-7H,8H2,1-2H3/q+1. The van der Waals surface area contributed by atoms with Gasteiger partial charge in [0.1, 0.15) is 23.2 Å². The summed E-state index contributed by atoms with van der Waals surface area (Å²) in [5.41, 5.74) is 2.75. The van der Waals surface area contributed by atoms with Gasteiger partial charge in [-0.3, -0.25) is 0 Å². The van der Waals surface area contributed by atoms with Crippen LogP contribution in [0.4, 0.5) is 0 Å². The van der Waals surface area contributed by atoms with E-state index in [4.69, 9.17) is 4.74 Å². The van der Waals surface area contributed by atoms with Gasteiger partial charge in [0.25, 0.3) is 0 Å². The first-order valence-corrected chi connectivity index (χ1v) is 6.12. The van der Waals surface area contributed by atoms with Crippen LogP contribution in [0, 0.1) is 0 Å². The Bertz CT molecular complexity index is 344. The molecule has 1 unspecified atom stereocenters. The van der Waals surface area contributed by atoms with Gasteiger partial charge < -0.3 is 4.74 Å². The lowest BCUT2D eigenvalue weighted by Gasteiger charge is -2.10. The normalized spacial score (nSPS) is 19.7. The maximum Gasteiger partial charge on any atom is 0.138 e. The highest BCUT2D eigenvalue weighted by Crippen LogP contribution is 2.25. The van der Waals surface area contributed by atoms with E-state index < -0.39 is 0 Å². The number of benzene rings is 1. The molecule has 0 amide bonds. The van der Waals surface area contributed by atoms with Crippen molar-refractivity contribution in [1.82, 2.24) is 0 Å². The molecular weight excluding hydrogens is 180 g/mol. The van der Waals surface area contributed by atoms with Gasteiger partial charge >= 0.3 is 0 Å². The maximum atomic E-state index is 5.19. The van der Waals surface area contributed by atoms with Crippen LogP contribution in [0.25, 0.3) is 6.08 Å². The average Bonchev–Trinajstić information content (AvgIpc) is 2.16. The number of hydrogen-bond donors (Lipinski definition) is 0. The molecule has 68 valence electrons. The molecule has 0 N–H and O–H groups in total. The van der Waals surface area contributed by atoms with E-state index in [-0.39, 0.29) is 0 Å². The predicted molar refractivity (Wildman–Crippen MR) is 59.0 cm³/mol. The number of ether oxygens (including phenoxy) is 1. The lowest BCUT2D eigenvalue weighted by atomic mass is 10.1. The van der Waals surface area contributed by atoms with Crippen LogP contribution in [0.2, 0.25) is 0 Å². The SMILES string of the molecule is COc1ccc2c(c1)C[S+](C)C=C2. The van der Waals surface area contributed by atoms with Gasteiger partial charge in [-0.2, -0.15) is 0 Å². The minimum absolute atomic E-state index is 0.402. The third-order valence-electron chi connectivity index (χ3n) is 2.21. The van der Waals surface area contributed by atoms with Gasteiger partial charge in [-0.05, 0) is 23.8 Å². The van der Waals surface area contributed by atoms with Crippen molar-refractivity contribution < 1.29 is 4.74 Å². The van der Waals surface area contributed by atoms with Crippen LogP contribution in [-0.4, -0.2) is 13.4 Å². The lowest BCUT2D eigenvalue weighted by Crippen LogP contribution is -2.05. The Morgan fingerprint density at radius 3 is 3.00 bits per heavy atom. The van der Waals surface area contributed by atoms with Crippen molar-refractivity contribution in [3.05, 3.63) is 34.7 Å². The van der Waals surface area contributed by atoms with Crippen LogP contribution in [0.5, 0.6) is 5.75 Å². The van der Waals surface area contributed by atoms with Gasteiger partial charge in [0, 0.05) is 16.5 Å². The summed E-state index contributed by atoms with van der Waals surface area (Å²) in [4.78, 5) is 0. The maximum absolute atomic E-state index is 5.19. The molecule has 0 radical (unpaired) electrons. The van der Waals surface area contributed by atoms with Crippen molar-refractivity contribution in [2.75, 3.05) is 13.4 Å². The average molecular weight is 193 g/mol. The summed E-state index contributed by atoms with van der Waals surface area (Å²) in [7, 11) is 2.12. The van der Waals surface area contributed by atoms with Crippen molar-refractivity contribution in [3.63, 3.8) is 0 Å². The van der Waals surface area contributed by atoms with Crippen LogP contribution >= 0.6 is 0 Å². The zero-order valence-corrected chi connectivity index (χ0v) is 8.73. The lowest BCUT2D eigenvalue weighted by molar-refractivity contribution is 0.414. The molecule has 0 aromatic heterocycles. The molecule has 1 aliphatic heterocycles. The molecule has 0 fully saturated rings. The number of hydrogen-bond acceptors (Lipinski definition) is 1. The fourth-order valence-corrected chi connectivity index (χ4v) is 2.70. The molecule has 1 aromatic rings. The van der Waals surface area contributed by atoms with Crippen molar-refractivity contribution in [2.45, 2.75) is 5.75 Å². The van der Waals surface area contributed by atoms with E-state index >= 15 is 0 Å². The van der Waals surface area contributed by atoms with Crippen molar-refractivity contribution in [1.29, 1.82) is 0 Å². The second-order valence-corrected chi connectivity index (χ2v) is 5.15. The third-order valence-corrected chi connectivity index (χ3v) is 3.58. The first-order chi connectivity index (χ1) is 6.29. The Labute approximate surface area is 81.8 Å². The van der Waals surface area contributed by atoms with Crippen LogP contribution in [0.3, 0.4) is 0 Å². The van der Waals surface area contributed by atoms with Crippen LogP contribution in [0.1, 0.15) is 11.1 Å². The summed E-state index contributed by atoms with van der Waals surface area (Å²) in [6, 6.07) is 6.28. The molecule has 2 heteroatoms. The van der Waals surface area contributed by atoms with Crippen LogP contribution < -0.4 is 4.74 Å². The second kappa shape index (κ2) is 3.46. The van der Waals surface area contributed by atoms with E-state index in [0.717, 1.165) is 11.5 Å². The molecule has 0 bridgehead atoms. The Kier molecular flexibility index (Phi) is 2.32. The molecular formula is C11H13OS+. The molecule has 2 rings (SSSR count). The number of methoxy groups -OCH3 is 1. The summed E-state index contributed by atoms with van der Waals surface area (Å²) in [6.07, 6.45) is 4.47. The summed E-state index contributed by atoms with van der Waals surface area (Å²) in [6.45, 7) is 0. The van der Waals surface area contributed by atoms with Gasteiger partial charge in [0.15, 0.2) is 0 Å². The highest BCUT2D eigenvalue weighted by Gasteiger charge is 2.16. The Balaban J connectivity index is 2.40. The largest absolute Gasteiger partial charge is 0.497 e. The van der Waals surface area contributed by atoms with Crippen LogP contribution in [0.15, 0.2) is 23.6 Å². The third kappa shape index (κ3) is 1.73. The molecule has 1 heterocycles. The van der Waals surface area contributed by atoms with E-state index in [0.29, 0.717) is 10.9 Å². The minimum Gasteiger partial charge on any atom is -0.497 e. The summed E-state index contributed by atoms with van der Waals surface area (Å²) >= 11 is 0. The van der Waals surface area contributed by atoms with E-state index in [9.17, 15) is 0 Å². The van der Waals surface area contributed by atoms with E-state index in [1.807, 2.05) is 6.07 Å². The van der Waals surface area contributed by atoms with Crippen molar-refractivity contribution in [2.24, 2.45) is 0 Å². The predicted octanol–water partition coefficient (Wildman–Crippen LogP) is 2.43. The Morgan fingerprint density at radius 1 is 1.38 bits per heavy atom. The van der Waals surface area contributed by atoms with Crippen molar-refractivity contribution >= 4 is 17.0 Å². The van der Waals surface area contributed by atoms with E-state index in [2.05, 4.69) is 29.9 Å². The summed E-state index contributed by atoms with van der Waals surface area (Å²) in [5, 5.41) is 2.29. The van der Waals surface area contributed by atoms with Gasteiger partial charge in [-0.15, -0.1) is 0 Å². The number of rotatable bonds is 1. The molecule has 0 aliphatic carbocycles. The first kappa shape index (κ1) is 8.70. The van der Waals surface area contributed by atoms with Gasteiger partial charge in [0.05, 0.1) is 7.11 Å². The zero-order valence-electron chi connectivity index (χ0n) is 7.91. The fourth-order valence-electron chi connectivity index (χ4n) is 1.48. The first-order valence-electron chi connectivity index (χ1n) is 4.26. The molecule has 13 heavy (non-hydrogen) atoms. The Morgan fingerprint density at radius 2 is 2.23 bits per heavy atom. The molecule has 1 aliphatic rings. The van der Waals surface area contributed by atoms with Crippen molar-refractivity contribution in [3.8, 4) is 5.75 Å². The van der Waals surface area contributed by atoms with E-state index in [1.54, 1.807) is 7.11 Å². The van der Waals surface area contributed by atoms with Gasteiger partial charge in [-0.1, -0.05) is 6.07 Å². The smallest absolute Gasteiger partial charge is 0.138 e. The molecule has 0 saturated carbocycles. The molecule has 0 saturated heterocycles. The highest BCUT2D eigenvalue weighted by atomic mass is 32.2. The molecule has 1 aromatic carbocycles. The van der Waals surface area contributed by atoms with Gasteiger partial charge in [0.2, 0.25) is 0 Å². The van der Waals surface area contributed by atoms with Crippen LogP contribution in [-0.2, 0) is 16.6 Å². The van der Waals surface area contributed by atoms with Gasteiger partial charge in [-0.25, -0.2) is 0 Å². The summed E-state index contributed by atoms with van der Waals surface area (Å²) in [5.74, 6) is 2.12. The molecule has 1 nitrogen and oxygen atoms in total. The van der Waals surface area contributed by atoms with E-state index in [1.165, 1.54) is 11.1 Å². The molecule has 0 spiro atoms. The quantitative estimate of drug-likeness (QED) is 0.622. The number of fused-ring (bicyclic) bond motifs is 1. The topological polar surface area (TPSA) is 9.23 Å². The zero-order chi connectivity index (χ0) is 9.26. The molecule has 1 atom stereocenters. The fraction of sp³-hybridized carbons (Fsp3) is 0.273. The minimum atomic E-state index is 0.402.